The molecule has 1 heterocycles. The fourth-order valence-electron chi connectivity index (χ4n) is 7.98. The van der Waals surface area contributed by atoms with E-state index in [1.807, 2.05) is 13.8 Å². The summed E-state index contributed by atoms with van der Waals surface area (Å²) < 4.78 is 5.40. The van der Waals surface area contributed by atoms with Gasteiger partial charge in [-0.1, -0.05) is 13.8 Å². The van der Waals surface area contributed by atoms with Gasteiger partial charge in [0.15, 0.2) is 11.6 Å². The summed E-state index contributed by atoms with van der Waals surface area (Å²) in [5.41, 5.74) is -1.46. The number of fused-ring (bicyclic) bond motifs is 5. The van der Waals surface area contributed by atoms with Crippen LogP contribution in [0.4, 0.5) is 0 Å². The maximum absolute atomic E-state index is 13.4. The average molecular weight is 448 g/mol. The molecule has 0 aromatic heterocycles. The Bertz CT molecular complexity index is 836. The van der Waals surface area contributed by atoms with Crippen LogP contribution in [-0.4, -0.2) is 82.4 Å². The SMILES string of the molecule is C[C@]12C[C@H](O)C(O)C[C@H]1C(=O)C=C1C2CC[C@]2(C)[C@@H](C(=O)CN3CCOCC3)CC[C@@]12O. The van der Waals surface area contributed by atoms with Crippen LogP contribution in [0.1, 0.15) is 52.4 Å². The lowest BCUT2D eigenvalue weighted by Gasteiger charge is -2.59. The van der Waals surface area contributed by atoms with Crippen molar-refractivity contribution >= 4 is 11.6 Å². The monoisotopic (exact) mass is 447 g/mol. The van der Waals surface area contributed by atoms with Crippen molar-refractivity contribution in [1.29, 1.82) is 0 Å². The second-order valence-electron chi connectivity index (χ2n) is 11.5. The summed E-state index contributed by atoms with van der Waals surface area (Å²) in [5, 5.41) is 32.7. The Morgan fingerprint density at radius 2 is 1.84 bits per heavy atom. The van der Waals surface area contributed by atoms with Gasteiger partial charge in [0.1, 0.15) is 0 Å². The topological polar surface area (TPSA) is 107 Å². The Kier molecular flexibility index (Phi) is 5.45. The van der Waals surface area contributed by atoms with Crippen LogP contribution in [0.3, 0.4) is 0 Å². The molecule has 3 saturated carbocycles. The van der Waals surface area contributed by atoms with E-state index in [0.29, 0.717) is 39.0 Å². The summed E-state index contributed by atoms with van der Waals surface area (Å²) in [7, 11) is 0. The molecule has 8 atom stereocenters. The van der Waals surface area contributed by atoms with Crippen molar-refractivity contribution in [3.63, 3.8) is 0 Å². The Hall–Kier alpha value is -1.12. The fraction of sp³-hybridized carbons (Fsp3) is 0.840. The van der Waals surface area contributed by atoms with Crippen LogP contribution in [0.5, 0.6) is 0 Å². The molecule has 5 rings (SSSR count). The van der Waals surface area contributed by atoms with Gasteiger partial charge in [0.05, 0.1) is 37.6 Å². The summed E-state index contributed by atoms with van der Waals surface area (Å²) in [6, 6.07) is 0. The lowest BCUT2D eigenvalue weighted by Crippen LogP contribution is -2.61. The van der Waals surface area contributed by atoms with Crippen LogP contribution in [-0.2, 0) is 14.3 Å². The number of hydrogen-bond acceptors (Lipinski definition) is 7. The molecule has 4 fully saturated rings. The molecule has 0 amide bonds. The summed E-state index contributed by atoms with van der Waals surface area (Å²) in [6.07, 6.45) is 3.19. The van der Waals surface area contributed by atoms with Gasteiger partial charge in [-0.25, -0.2) is 0 Å². The molecule has 0 aromatic rings. The van der Waals surface area contributed by atoms with Gasteiger partial charge >= 0.3 is 0 Å². The smallest absolute Gasteiger partial charge is 0.159 e. The third-order valence-corrected chi connectivity index (χ3v) is 9.99. The molecule has 178 valence electrons. The Labute approximate surface area is 189 Å². The molecule has 5 aliphatic rings. The van der Waals surface area contributed by atoms with Crippen molar-refractivity contribution in [2.75, 3.05) is 32.8 Å². The Morgan fingerprint density at radius 1 is 1.12 bits per heavy atom. The zero-order chi connectivity index (χ0) is 22.9. The molecule has 4 aliphatic carbocycles. The summed E-state index contributed by atoms with van der Waals surface area (Å²) in [6.45, 7) is 7.29. The predicted octanol–water partition coefficient (Wildman–Crippen LogP) is 1.09. The van der Waals surface area contributed by atoms with E-state index in [2.05, 4.69) is 4.90 Å². The highest BCUT2D eigenvalue weighted by Crippen LogP contribution is 2.67. The van der Waals surface area contributed by atoms with Crippen molar-refractivity contribution in [1.82, 2.24) is 4.90 Å². The molecule has 0 radical (unpaired) electrons. The minimum Gasteiger partial charge on any atom is -0.390 e. The standard InChI is InChI=1S/C25H37NO6/c1-23-13-21(29)20(28)12-18(23)19(27)11-17-15(23)3-5-24(2)16(4-6-25(17,24)31)22(30)14-26-7-9-32-10-8-26/h11,15-16,18,20-21,28-29,31H,3-10,12-14H2,1-2H3/t15?,16-,18+,20?,21+,23-,24-,25-/m1/s1. The number of ether oxygens (including phenoxy) is 1. The van der Waals surface area contributed by atoms with Crippen LogP contribution >= 0.6 is 0 Å². The highest BCUT2D eigenvalue weighted by molar-refractivity contribution is 5.95. The first-order chi connectivity index (χ1) is 15.1. The van der Waals surface area contributed by atoms with E-state index >= 15 is 0 Å². The highest BCUT2D eigenvalue weighted by atomic mass is 16.5. The molecule has 0 aromatic carbocycles. The van der Waals surface area contributed by atoms with E-state index in [4.69, 9.17) is 4.74 Å². The number of ketones is 2. The van der Waals surface area contributed by atoms with Crippen LogP contribution in [0.15, 0.2) is 11.6 Å². The highest BCUT2D eigenvalue weighted by Gasteiger charge is 2.67. The van der Waals surface area contributed by atoms with Gasteiger partial charge in [-0.2, -0.15) is 0 Å². The van der Waals surface area contributed by atoms with Gasteiger partial charge < -0.3 is 20.1 Å². The quantitative estimate of drug-likeness (QED) is 0.595. The van der Waals surface area contributed by atoms with Crippen molar-refractivity contribution in [2.45, 2.75) is 70.2 Å². The lowest BCUT2D eigenvalue weighted by molar-refractivity contribution is -0.154. The average Bonchev–Trinajstić information content (AvgIpc) is 3.03. The molecule has 0 bridgehead atoms. The number of aliphatic hydroxyl groups excluding tert-OH is 2. The minimum absolute atomic E-state index is 0.0153. The van der Waals surface area contributed by atoms with Gasteiger partial charge in [0.2, 0.25) is 0 Å². The fourth-order valence-corrected chi connectivity index (χ4v) is 7.98. The van der Waals surface area contributed by atoms with Crippen LogP contribution in [0, 0.1) is 28.6 Å². The van der Waals surface area contributed by atoms with Gasteiger partial charge in [0.25, 0.3) is 0 Å². The van der Waals surface area contributed by atoms with E-state index in [-0.39, 0.29) is 35.7 Å². The molecule has 7 heteroatoms. The van der Waals surface area contributed by atoms with Gasteiger partial charge in [-0.15, -0.1) is 0 Å². The van der Waals surface area contributed by atoms with Gasteiger partial charge in [-0.05, 0) is 61.5 Å². The van der Waals surface area contributed by atoms with Crippen LogP contribution < -0.4 is 0 Å². The number of allylic oxidation sites excluding steroid dienone is 1. The summed E-state index contributed by atoms with van der Waals surface area (Å²) >= 11 is 0. The molecule has 3 N–H and O–H groups in total. The number of aliphatic hydroxyl groups is 3. The number of morpholine rings is 1. The molecular weight excluding hydrogens is 410 g/mol. The molecule has 0 spiro atoms. The van der Waals surface area contributed by atoms with E-state index in [1.165, 1.54) is 0 Å². The molecule has 2 unspecified atom stereocenters. The maximum Gasteiger partial charge on any atom is 0.159 e. The number of nitrogens with zero attached hydrogens (tertiary/aromatic N) is 1. The third kappa shape index (κ3) is 3.12. The third-order valence-electron chi connectivity index (χ3n) is 9.99. The summed E-state index contributed by atoms with van der Waals surface area (Å²) in [4.78, 5) is 28.7. The largest absolute Gasteiger partial charge is 0.390 e. The predicted molar refractivity (Wildman–Crippen MR) is 117 cm³/mol. The zero-order valence-electron chi connectivity index (χ0n) is 19.3. The molecule has 1 aliphatic heterocycles. The van der Waals surface area contributed by atoms with E-state index in [9.17, 15) is 24.9 Å². The van der Waals surface area contributed by atoms with Crippen molar-refractivity contribution in [2.24, 2.45) is 28.6 Å². The maximum atomic E-state index is 13.4. The van der Waals surface area contributed by atoms with Gasteiger partial charge in [-0.3, -0.25) is 14.5 Å². The van der Waals surface area contributed by atoms with Crippen LogP contribution in [0.25, 0.3) is 0 Å². The number of rotatable bonds is 3. The second-order valence-corrected chi connectivity index (χ2v) is 11.5. The molecule has 32 heavy (non-hydrogen) atoms. The first-order valence-electron chi connectivity index (χ1n) is 12.3. The lowest BCUT2D eigenvalue weighted by atomic mass is 9.46. The van der Waals surface area contributed by atoms with Gasteiger partial charge in [0, 0.05) is 30.3 Å². The number of Topliss-reactive ketones (excluding diaryl/α,β-unsaturated/α-hetero) is 1. The zero-order valence-corrected chi connectivity index (χ0v) is 19.3. The minimum atomic E-state index is -1.17. The molecule has 1 saturated heterocycles. The Balaban J connectivity index is 1.44. The van der Waals surface area contributed by atoms with Crippen molar-refractivity contribution in [3.05, 3.63) is 11.6 Å². The van der Waals surface area contributed by atoms with Crippen LogP contribution in [0.2, 0.25) is 0 Å². The molecular formula is C25H37NO6. The number of hydrogen-bond donors (Lipinski definition) is 3. The second kappa shape index (κ2) is 7.70. The van der Waals surface area contributed by atoms with Crippen molar-refractivity contribution in [3.8, 4) is 0 Å². The Morgan fingerprint density at radius 3 is 2.56 bits per heavy atom. The summed E-state index contributed by atoms with van der Waals surface area (Å²) in [5.74, 6) is -0.435. The van der Waals surface area contributed by atoms with E-state index < -0.39 is 28.6 Å². The number of carbonyl (C=O) groups is 2. The van der Waals surface area contributed by atoms with E-state index in [1.54, 1.807) is 6.08 Å². The molecule has 7 nitrogen and oxygen atoms in total. The van der Waals surface area contributed by atoms with Crippen molar-refractivity contribution < 1.29 is 29.6 Å². The normalized spacial score (nSPS) is 49.1. The number of carbonyl (C=O) groups excluding carboxylic acids is 2. The van der Waals surface area contributed by atoms with E-state index in [0.717, 1.165) is 31.5 Å². The first-order valence-corrected chi connectivity index (χ1v) is 12.3. The first kappa shape index (κ1) is 22.7.